The molecule has 96 valence electrons. The van der Waals surface area contributed by atoms with Crippen molar-refractivity contribution >= 4 is 11.9 Å². The van der Waals surface area contributed by atoms with E-state index in [9.17, 15) is 9.59 Å². The van der Waals surface area contributed by atoms with Crippen molar-refractivity contribution in [2.45, 2.75) is 18.9 Å². The molecule has 3 amide bonds. The van der Waals surface area contributed by atoms with Gasteiger partial charge in [0.1, 0.15) is 0 Å². The Morgan fingerprint density at radius 3 is 2.28 bits per heavy atom. The Balaban J connectivity index is 2.44. The molecule has 0 bridgehead atoms. The van der Waals surface area contributed by atoms with Gasteiger partial charge in [0.05, 0.1) is 0 Å². The molecular formula is C13H17N3O2. The molecule has 18 heavy (non-hydrogen) atoms. The molecule has 0 radical (unpaired) electrons. The molecule has 1 atom stereocenters. The van der Waals surface area contributed by atoms with Crippen molar-refractivity contribution in [3.05, 3.63) is 35.4 Å². The molecule has 1 aromatic carbocycles. The van der Waals surface area contributed by atoms with Crippen LogP contribution >= 0.6 is 0 Å². The second kappa shape index (κ2) is 4.42. The summed E-state index contributed by atoms with van der Waals surface area (Å²) in [4.78, 5) is 24.9. The molecule has 0 aromatic heterocycles. The minimum atomic E-state index is -1.11. The average molecular weight is 247 g/mol. The third-order valence-electron chi connectivity index (χ3n) is 3.46. The smallest absolute Gasteiger partial charge is 0.325 e. The van der Waals surface area contributed by atoms with Gasteiger partial charge in [-0.15, -0.1) is 0 Å². The molecule has 1 heterocycles. The second-order valence-corrected chi connectivity index (χ2v) is 4.45. The summed E-state index contributed by atoms with van der Waals surface area (Å²) in [5, 5.41) is 2.68. The lowest BCUT2D eigenvalue weighted by molar-refractivity contribution is -0.130. The molecule has 1 aliphatic heterocycles. The number of amides is 3. The van der Waals surface area contributed by atoms with Crippen molar-refractivity contribution in [3.8, 4) is 0 Å². The topological polar surface area (TPSA) is 75.4 Å². The number of imide groups is 1. The van der Waals surface area contributed by atoms with E-state index in [4.69, 9.17) is 5.73 Å². The second-order valence-electron chi connectivity index (χ2n) is 4.45. The quantitative estimate of drug-likeness (QED) is 0.767. The van der Waals surface area contributed by atoms with Crippen LogP contribution < -0.4 is 11.1 Å². The van der Waals surface area contributed by atoms with Crippen molar-refractivity contribution in [1.82, 2.24) is 10.2 Å². The SMILES string of the molecule is CCc1ccc(C2(CN)NC(=O)N(C)C2=O)cc1. The molecule has 0 aliphatic carbocycles. The van der Waals surface area contributed by atoms with Gasteiger partial charge in [-0.1, -0.05) is 31.2 Å². The minimum Gasteiger partial charge on any atom is -0.327 e. The molecule has 1 unspecified atom stereocenters. The number of nitrogens with two attached hydrogens (primary N) is 1. The summed E-state index contributed by atoms with van der Waals surface area (Å²) in [6, 6.07) is 7.19. The van der Waals surface area contributed by atoms with Gasteiger partial charge in [0.25, 0.3) is 5.91 Å². The van der Waals surface area contributed by atoms with Crippen molar-refractivity contribution < 1.29 is 9.59 Å². The van der Waals surface area contributed by atoms with E-state index in [0.29, 0.717) is 0 Å². The van der Waals surface area contributed by atoms with Crippen LogP contribution in [0.1, 0.15) is 18.1 Å². The summed E-state index contributed by atoms with van der Waals surface area (Å²) in [7, 11) is 1.45. The predicted molar refractivity (Wildman–Crippen MR) is 67.9 cm³/mol. The number of nitrogens with zero attached hydrogens (tertiary/aromatic N) is 1. The average Bonchev–Trinajstić information content (AvgIpc) is 2.64. The van der Waals surface area contributed by atoms with Gasteiger partial charge in [0.15, 0.2) is 5.54 Å². The largest absolute Gasteiger partial charge is 0.327 e. The number of rotatable bonds is 3. The Kier molecular flexibility index (Phi) is 3.09. The molecule has 1 fully saturated rings. The lowest BCUT2D eigenvalue weighted by Crippen LogP contribution is -2.50. The number of carbonyl (C=O) groups excluding carboxylic acids is 2. The molecule has 0 spiro atoms. The standard InChI is InChI=1S/C13H17N3O2/c1-3-9-4-6-10(7-5-9)13(8-14)11(17)16(2)12(18)15-13/h4-7H,3,8,14H2,1-2H3,(H,15,18). The van der Waals surface area contributed by atoms with Gasteiger partial charge in [0.2, 0.25) is 0 Å². The van der Waals surface area contributed by atoms with Crippen molar-refractivity contribution in [1.29, 1.82) is 0 Å². The zero-order valence-electron chi connectivity index (χ0n) is 10.6. The lowest BCUT2D eigenvalue weighted by atomic mass is 9.89. The van der Waals surface area contributed by atoms with Crippen LogP contribution in [0.25, 0.3) is 0 Å². The highest BCUT2D eigenvalue weighted by atomic mass is 16.2. The number of likely N-dealkylation sites (N-methyl/N-ethyl adjacent to an activating group) is 1. The van der Waals surface area contributed by atoms with Crippen LogP contribution in [-0.2, 0) is 16.8 Å². The third kappa shape index (κ3) is 1.67. The number of hydrogen-bond acceptors (Lipinski definition) is 3. The molecule has 3 N–H and O–H groups in total. The molecule has 5 nitrogen and oxygen atoms in total. The summed E-state index contributed by atoms with van der Waals surface area (Å²) in [5.41, 5.74) is 6.51. The van der Waals surface area contributed by atoms with E-state index in [1.165, 1.54) is 12.6 Å². The lowest BCUT2D eigenvalue weighted by Gasteiger charge is -2.25. The van der Waals surface area contributed by atoms with Crippen molar-refractivity contribution in [2.24, 2.45) is 5.73 Å². The first-order valence-electron chi connectivity index (χ1n) is 5.95. The minimum absolute atomic E-state index is 0.0490. The third-order valence-corrected chi connectivity index (χ3v) is 3.46. The molecule has 0 saturated carbocycles. The van der Waals surface area contributed by atoms with Gasteiger partial charge >= 0.3 is 6.03 Å². The highest BCUT2D eigenvalue weighted by Crippen LogP contribution is 2.27. The van der Waals surface area contributed by atoms with Crippen LogP contribution in [0.15, 0.2) is 24.3 Å². The molecule has 1 aromatic rings. The predicted octanol–water partition coefficient (Wildman–Crippen LogP) is 0.585. The monoisotopic (exact) mass is 247 g/mol. The first kappa shape index (κ1) is 12.6. The fraction of sp³-hybridized carbons (Fsp3) is 0.385. The Morgan fingerprint density at radius 1 is 1.28 bits per heavy atom. The van der Waals surface area contributed by atoms with Crippen LogP contribution in [0.5, 0.6) is 0 Å². The first-order valence-corrected chi connectivity index (χ1v) is 5.95. The van der Waals surface area contributed by atoms with Crippen molar-refractivity contribution in [3.63, 3.8) is 0 Å². The van der Waals surface area contributed by atoms with Gasteiger partial charge in [-0.25, -0.2) is 4.79 Å². The highest BCUT2D eigenvalue weighted by molar-refractivity contribution is 6.07. The van der Waals surface area contributed by atoms with Gasteiger partial charge < -0.3 is 11.1 Å². The summed E-state index contributed by atoms with van der Waals surface area (Å²) < 4.78 is 0. The number of aryl methyl sites for hydroxylation is 1. The van der Waals surface area contributed by atoms with E-state index < -0.39 is 11.6 Å². The Labute approximate surface area is 106 Å². The normalized spacial score (nSPS) is 23.4. The van der Waals surface area contributed by atoms with Gasteiger partial charge in [-0.05, 0) is 17.5 Å². The zero-order chi connectivity index (χ0) is 13.3. The Bertz CT molecular complexity index is 484. The Morgan fingerprint density at radius 2 is 1.89 bits per heavy atom. The maximum atomic E-state index is 12.2. The fourth-order valence-electron chi connectivity index (χ4n) is 2.18. The Hall–Kier alpha value is -1.88. The summed E-state index contributed by atoms with van der Waals surface area (Å²) in [6.07, 6.45) is 0.927. The number of nitrogens with one attached hydrogen (secondary N) is 1. The number of hydrogen-bond donors (Lipinski definition) is 2. The first-order chi connectivity index (χ1) is 8.55. The van der Waals surface area contributed by atoms with E-state index in [2.05, 4.69) is 12.2 Å². The van der Waals surface area contributed by atoms with Crippen LogP contribution in [-0.4, -0.2) is 30.4 Å². The van der Waals surface area contributed by atoms with Crippen LogP contribution in [0, 0.1) is 0 Å². The van der Waals surface area contributed by atoms with E-state index >= 15 is 0 Å². The zero-order valence-corrected chi connectivity index (χ0v) is 10.6. The molecule has 1 saturated heterocycles. The number of urea groups is 1. The van der Waals surface area contributed by atoms with E-state index in [0.717, 1.165) is 16.9 Å². The van der Waals surface area contributed by atoms with Gasteiger partial charge in [0, 0.05) is 13.6 Å². The maximum absolute atomic E-state index is 12.2. The van der Waals surface area contributed by atoms with Crippen LogP contribution in [0.3, 0.4) is 0 Å². The van der Waals surface area contributed by atoms with Gasteiger partial charge in [-0.2, -0.15) is 0 Å². The highest BCUT2D eigenvalue weighted by Gasteiger charge is 2.50. The summed E-state index contributed by atoms with van der Waals surface area (Å²) >= 11 is 0. The fourth-order valence-corrected chi connectivity index (χ4v) is 2.18. The van der Waals surface area contributed by atoms with E-state index in [1.807, 2.05) is 24.3 Å². The maximum Gasteiger partial charge on any atom is 0.325 e. The summed E-state index contributed by atoms with van der Waals surface area (Å²) in [5.74, 6) is -0.306. The molecule has 2 rings (SSSR count). The van der Waals surface area contributed by atoms with E-state index in [-0.39, 0.29) is 12.5 Å². The van der Waals surface area contributed by atoms with Crippen LogP contribution in [0.2, 0.25) is 0 Å². The summed E-state index contributed by atoms with van der Waals surface area (Å²) in [6.45, 7) is 2.11. The molecule has 1 aliphatic rings. The number of benzene rings is 1. The van der Waals surface area contributed by atoms with E-state index in [1.54, 1.807) is 0 Å². The molecular weight excluding hydrogens is 230 g/mol. The van der Waals surface area contributed by atoms with Crippen molar-refractivity contribution in [2.75, 3.05) is 13.6 Å². The van der Waals surface area contributed by atoms with Gasteiger partial charge in [-0.3, -0.25) is 9.69 Å². The molecule has 5 heteroatoms. The van der Waals surface area contributed by atoms with Crippen LogP contribution in [0.4, 0.5) is 4.79 Å². The number of carbonyl (C=O) groups is 2.